The lowest BCUT2D eigenvalue weighted by Crippen LogP contribution is -2.25. The molecule has 2 heterocycles. The Morgan fingerprint density at radius 2 is 2.05 bits per heavy atom. The third-order valence-electron chi connectivity index (χ3n) is 3.32. The van der Waals surface area contributed by atoms with Gasteiger partial charge in [-0.05, 0) is 35.7 Å². The van der Waals surface area contributed by atoms with Crippen LogP contribution in [0.4, 0.5) is 0 Å². The second-order valence-electron chi connectivity index (χ2n) is 4.46. The zero-order chi connectivity index (χ0) is 13.7. The van der Waals surface area contributed by atoms with Crippen LogP contribution in [0.15, 0.2) is 36.0 Å². The minimum absolute atomic E-state index is 0.266. The van der Waals surface area contributed by atoms with Crippen LogP contribution in [0, 0.1) is 0 Å². The van der Waals surface area contributed by atoms with E-state index in [0.29, 0.717) is 5.92 Å². The average molecular weight is 276 g/mol. The molecule has 2 unspecified atom stereocenters. The lowest BCUT2D eigenvalue weighted by molar-refractivity contribution is 0.396. The summed E-state index contributed by atoms with van der Waals surface area (Å²) in [6, 6.07) is 6.45. The summed E-state index contributed by atoms with van der Waals surface area (Å²) >= 11 is 1.74. The monoisotopic (exact) mass is 276 g/mol. The largest absolute Gasteiger partial charge is 0.496 e. The molecule has 0 aliphatic carbocycles. The van der Waals surface area contributed by atoms with Gasteiger partial charge in [-0.25, -0.2) is 0 Å². The molecule has 2 aromatic heterocycles. The standard InChI is InChI=1S/C15H20N2OS/c1-4-17-14(15-13(18-3)7-10-19-15)11(2)12-5-8-16-9-6-12/h5-11,14,17H,4H2,1-3H3. The smallest absolute Gasteiger partial charge is 0.134 e. The van der Waals surface area contributed by atoms with Crippen LogP contribution in [0.2, 0.25) is 0 Å². The van der Waals surface area contributed by atoms with Crippen LogP contribution in [-0.2, 0) is 0 Å². The van der Waals surface area contributed by atoms with Gasteiger partial charge in [0, 0.05) is 18.3 Å². The molecule has 1 N–H and O–H groups in total. The summed E-state index contributed by atoms with van der Waals surface area (Å²) in [5.74, 6) is 1.34. The summed E-state index contributed by atoms with van der Waals surface area (Å²) in [7, 11) is 1.73. The molecule has 2 atom stereocenters. The van der Waals surface area contributed by atoms with E-state index in [-0.39, 0.29) is 6.04 Å². The molecular formula is C15H20N2OS. The molecule has 0 aliphatic heterocycles. The fraction of sp³-hybridized carbons (Fsp3) is 0.400. The molecule has 0 saturated heterocycles. The number of thiophene rings is 1. The SMILES string of the molecule is CCNC(c1sccc1OC)C(C)c1ccncc1. The molecule has 19 heavy (non-hydrogen) atoms. The normalized spacial score (nSPS) is 14.1. The number of hydrogen-bond donors (Lipinski definition) is 1. The van der Waals surface area contributed by atoms with E-state index >= 15 is 0 Å². The van der Waals surface area contributed by atoms with E-state index < -0.39 is 0 Å². The first-order valence-electron chi connectivity index (χ1n) is 6.52. The molecule has 0 saturated carbocycles. The van der Waals surface area contributed by atoms with Gasteiger partial charge >= 0.3 is 0 Å². The Morgan fingerprint density at radius 3 is 2.68 bits per heavy atom. The summed E-state index contributed by atoms with van der Waals surface area (Å²) in [5, 5.41) is 5.65. The van der Waals surface area contributed by atoms with Crippen molar-refractivity contribution in [2.45, 2.75) is 25.8 Å². The number of ether oxygens (including phenoxy) is 1. The predicted octanol–water partition coefficient (Wildman–Crippen LogP) is 3.61. The highest BCUT2D eigenvalue weighted by Gasteiger charge is 2.24. The molecule has 0 aromatic carbocycles. The molecule has 0 radical (unpaired) electrons. The summed E-state index contributed by atoms with van der Waals surface area (Å²) in [5.41, 5.74) is 1.29. The maximum Gasteiger partial charge on any atom is 0.134 e. The van der Waals surface area contributed by atoms with Gasteiger partial charge in [0.2, 0.25) is 0 Å². The van der Waals surface area contributed by atoms with Crippen LogP contribution in [-0.4, -0.2) is 18.6 Å². The quantitative estimate of drug-likeness (QED) is 0.875. The van der Waals surface area contributed by atoms with E-state index in [0.717, 1.165) is 12.3 Å². The van der Waals surface area contributed by atoms with Crippen molar-refractivity contribution in [3.05, 3.63) is 46.4 Å². The molecular weight excluding hydrogens is 256 g/mol. The Hall–Kier alpha value is -1.39. The van der Waals surface area contributed by atoms with Crippen molar-refractivity contribution < 1.29 is 4.74 Å². The highest BCUT2D eigenvalue weighted by molar-refractivity contribution is 7.10. The molecule has 0 bridgehead atoms. The summed E-state index contributed by atoms with van der Waals surface area (Å²) in [4.78, 5) is 5.35. The Bertz CT molecular complexity index is 498. The lowest BCUT2D eigenvalue weighted by atomic mass is 9.92. The fourth-order valence-electron chi connectivity index (χ4n) is 2.28. The average Bonchev–Trinajstić information content (AvgIpc) is 2.93. The molecule has 2 aromatic rings. The van der Waals surface area contributed by atoms with Crippen LogP contribution in [0.5, 0.6) is 5.75 Å². The van der Waals surface area contributed by atoms with Crippen molar-refractivity contribution in [3.8, 4) is 5.75 Å². The van der Waals surface area contributed by atoms with Gasteiger partial charge in [0.1, 0.15) is 5.75 Å². The molecule has 2 rings (SSSR count). The first-order chi connectivity index (χ1) is 9.27. The van der Waals surface area contributed by atoms with E-state index in [2.05, 4.69) is 41.7 Å². The second kappa shape index (κ2) is 6.68. The number of rotatable bonds is 6. The Labute approximate surface area is 118 Å². The lowest BCUT2D eigenvalue weighted by Gasteiger charge is -2.25. The van der Waals surface area contributed by atoms with E-state index in [9.17, 15) is 0 Å². The van der Waals surface area contributed by atoms with Crippen LogP contribution in [0.1, 0.15) is 36.2 Å². The van der Waals surface area contributed by atoms with E-state index in [1.54, 1.807) is 18.4 Å². The molecule has 102 valence electrons. The Kier molecular flexibility index (Phi) is 4.93. The Morgan fingerprint density at radius 1 is 1.32 bits per heavy atom. The van der Waals surface area contributed by atoms with Gasteiger partial charge in [0.25, 0.3) is 0 Å². The summed E-state index contributed by atoms with van der Waals surface area (Å²) < 4.78 is 5.46. The zero-order valence-electron chi connectivity index (χ0n) is 11.6. The van der Waals surface area contributed by atoms with Gasteiger partial charge in [-0.1, -0.05) is 13.8 Å². The first-order valence-corrected chi connectivity index (χ1v) is 7.40. The van der Waals surface area contributed by atoms with Gasteiger partial charge in [-0.15, -0.1) is 11.3 Å². The van der Waals surface area contributed by atoms with Gasteiger partial charge < -0.3 is 10.1 Å². The molecule has 0 aliphatic rings. The third-order valence-corrected chi connectivity index (χ3v) is 4.30. The minimum atomic E-state index is 0.266. The summed E-state index contributed by atoms with van der Waals surface area (Å²) in [6.45, 7) is 5.30. The van der Waals surface area contributed by atoms with Gasteiger partial charge in [0.15, 0.2) is 0 Å². The maximum absolute atomic E-state index is 5.46. The molecule has 3 nitrogen and oxygen atoms in total. The number of methoxy groups -OCH3 is 1. The highest BCUT2D eigenvalue weighted by Crippen LogP contribution is 2.38. The van der Waals surface area contributed by atoms with Crippen molar-refractivity contribution in [1.82, 2.24) is 10.3 Å². The number of nitrogens with one attached hydrogen (secondary N) is 1. The van der Waals surface area contributed by atoms with E-state index in [1.165, 1.54) is 10.4 Å². The van der Waals surface area contributed by atoms with E-state index in [1.807, 2.05) is 18.5 Å². The second-order valence-corrected chi connectivity index (χ2v) is 5.41. The molecule has 0 spiro atoms. The Balaban J connectivity index is 2.30. The van der Waals surface area contributed by atoms with Crippen molar-refractivity contribution in [3.63, 3.8) is 0 Å². The predicted molar refractivity (Wildman–Crippen MR) is 79.9 cm³/mol. The van der Waals surface area contributed by atoms with Gasteiger partial charge in [-0.3, -0.25) is 4.98 Å². The van der Waals surface area contributed by atoms with Crippen molar-refractivity contribution in [2.24, 2.45) is 0 Å². The number of aromatic nitrogens is 1. The molecule has 4 heteroatoms. The fourth-order valence-corrected chi connectivity index (χ4v) is 3.32. The van der Waals surface area contributed by atoms with Gasteiger partial charge in [0.05, 0.1) is 18.0 Å². The van der Waals surface area contributed by atoms with E-state index in [4.69, 9.17) is 4.74 Å². The first kappa shape index (κ1) is 14.0. The van der Waals surface area contributed by atoms with Crippen LogP contribution in [0.25, 0.3) is 0 Å². The zero-order valence-corrected chi connectivity index (χ0v) is 12.4. The minimum Gasteiger partial charge on any atom is -0.496 e. The maximum atomic E-state index is 5.46. The third kappa shape index (κ3) is 3.14. The van der Waals surface area contributed by atoms with Gasteiger partial charge in [-0.2, -0.15) is 0 Å². The van der Waals surface area contributed by atoms with Crippen molar-refractivity contribution in [1.29, 1.82) is 0 Å². The highest BCUT2D eigenvalue weighted by atomic mass is 32.1. The van der Waals surface area contributed by atoms with Crippen LogP contribution < -0.4 is 10.1 Å². The number of likely N-dealkylation sites (N-methyl/N-ethyl adjacent to an activating group) is 1. The number of nitrogens with zero attached hydrogens (tertiary/aromatic N) is 1. The van der Waals surface area contributed by atoms with Crippen molar-refractivity contribution >= 4 is 11.3 Å². The van der Waals surface area contributed by atoms with Crippen LogP contribution >= 0.6 is 11.3 Å². The number of pyridine rings is 1. The number of hydrogen-bond acceptors (Lipinski definition) is 4. The molecule has 0 amide bonds. The van der Waals surface area contributed by atoms with Crippen LogP contribution in [0.3, 0.4) is 0 Å². The summed E-state index contributed by atoms with van der Waals surface area (Å²) in [6.07, 6.45) is 3.70. The molecule has 0 fully saturated rings. The van der Waals surface area contributed by atoms with Crippen molar-refractivity contribution in [2.75, 3.05) is 13.7 Å². The topological polar surface area (TPSA) is 34.1 Å².